The van der Waals surface area contributed by atoms with Gasteiger partial charge in [-0.3, -0.25) is 4.90 Å². The smallest absolute Gasteiger partial charge is 0.323 e. The highest BCUT2D eigenvalue weighted by atomic mass is 16.5. The number of imidazole rings is 1. The van der Waals surface area contributed by atoms with Crippen LogP contribution in [-0.2, 0) is 6.42 Å². The molecule has 1 aromatic heterocycles. The van der Waals surface area contributed by atoms with Gasteiger partial charge in [-0.1, -0.05) is 36.8 Å². The lowest BCUT2D eigenvalue weighted by Gasteiger charge is -2.35. The van der Waals surface area contributed by atoms with Gasteiger partial charge in [0.2, 0.25) is 0 Å². The van der Waals surface area contributed by atoms with Crippen molar-refractivity contribution in [2.24, 2.45) is 0 Å². The Balaban J connectivity index is 1.34. The number of piperidine rings is 1. The lowest BCUT2D eigenvalue weighted by molar-refractivity contribution is 0.122. The molecule has 0 aliphatic carbocycles. The molecule has 1 fully saturated rings. The van der Waals surface area contributed by atoms with E-state index in [4.69, 9.17) is 4.74 Å². The summed E-state index contributed by atoms with van der Waals surface area (Å²) < 4.78 is 5.95. The first-order chi connectivity index (χ1) is 12.8. The molecular weight excluding hydrogens is 326 g/mol. The molecule has 0 saturated carbocycles. The summed E-state index contributed by atoms with van der Waals surface area (Å²) in [5.74, 6) is 0.796. The zero-order chi connectivity index (χ0) is 17.8. The van der Waals surface area contributed by atoms with Gasteiger partial charge in [0.25, 0.3) is 0 Å². The molecule has 1 aliphatic heterocycles. The van der Waals surface area contributed by atoms with E-state index in [0.717, 1.165) is 36.3 Å². The maximum absolute atomic E-state index is 11.3. The molecule has 1 unspecified atom stereocenters. The predicted octanol–water partition coefficient (Wildman–Crippen LogP) is 3.33. The van der Waals surface area contributed by atoms with Crippen LogP contribution in [0.4, 0.5) is 0 Å². The average molecular weight is 351 g/mol. The van der Waals surface area contributed by atoms with Gasteiger partial charge in [0.1, 0.15) is 12.4 Å². The number of nitrogens with one attached hydrogen (secondary N) is 2. The van der Waals surface area contributed by atoms with Crippen LogP contribution in [0.2, 0.25) is 0 Å². The summed E-state index contributed by atoms with van der Waals surface area (Å²) in [6.45, 7) is 2.73. The molecule has 2 aromatic carbocycles. The molecule has 0 spiro atoms. The maximum atomic E-state index is 11.3. The molecule has 4 rings (SSSR count). The number of fused-ring (bicyclic) bond motifs is 1. The van der Waals surface area contributed by atoms with Crippen LogP contribution in [0.15, 0.2) is 53.3 Å². The van der Waals surface area contributed by atoms with Gasteiger partial charge in [-0.2, -0.15) is 0 Å². The normalized spacial score (nSPS) is 18.2. The van der Waals surface area contributed by atoms with E-state index in [1.165, 1.54) is 24.8 Å². The number of nitrogens with zero attached hydrogens (tertiary/aromatic N) is 1. The van der Waals surface area contributed by atoms with E-state index in [0.29, 0.717) is 12.6 Å². The molecule has 3 aromatic rings. The Kier molecular flexibility index (Phi) is 5.07. The van der Waals surface area contributed by atoms with Crippen molar-refractivity contribution in [2.45, 2.75) is 31.7 Å². The third-order valence-electron chi connectivity index (χ3n) is 5.20. The zero-order valence-corrected chi connectivity index (χ0v) is 14.9. The topological polar surface area (TPSA) is 61.1 Å². The van der Waals surface area contributed by atoms with E-state index >= 15 is 0 Å². The molecule has 1 aliphatic rings. The number of likely N-dealkylation sites (tertiary alicyclic amines) is 1. The maximum Gasteiger partial charge on any atom is 0.323 e. The number of benzene rings is 2. The highest BCUT2D eigenvalue weighted by molar-refractivity contribution is 5.75. The van der Waals surface area contributed by atoms with E-state index in [1.807, 2.05) is 18.2 Å². The lowest BCUT2D eigenvalue weighted by atomic mass is 9.96. The fraction of sp³-hybridized carbons (Fsp3) is 0.381. The van der Waals surface area contributed by atoms with Crippen LogP contribution in [0, 0.1) is 0 Å². The Morgan fingerprint density at radius 1 is 1.04 bits per heavy atom. The number of ether oxygens (including phenoxy) is 1. The van der Waals surface area contributed by atoms with E-state index in [9.17, 15) is 4.79 Å². The minimum absolute atomic E-state index is 0.186. The van der Waals surface area contributed by atoms with Crippen molar-refractivity contribution in [1.82, 2.24) is 14.9 Å². The third kappa shape index (κ3) is 3.99. The molecule has 5 nitrogen and oxygen atoms in total. The fourth-order valence-corrected chi connectivity index (χ4v) is 3.85. The number of aromatic nitrogens is 2. The SMILES string of the molecule is O=c1[nH]c2ccc(OCCN3CCCCC3Cc3ccccc3)cc2[nH]1. The zero-order valence-electron chi connectivity index (χ0n) is 14.9. The second-order valence-electron chi connectivity index (χ2n) is 7.01. The summed E-state index contributed by atoms with van der Waals surface area (Å²) in [4.78, 5) is 19.4. The number of aromatic amines is 2. The number of hydrogen-bond acceptors (Lipinski definition) is 3. The van der Waals surface area contributed by atoms with Gasteiger partial charge in [-0.15, -0.1) is 0 Å². The Hall–Kier alpha value is -2.53. The first-order valence-corrected chi connectivity index (χ1v) is 9.41. The van der Waals surface area contributed by atoms with Crippen LogP contribution in [0.25, 0.3) is 11.0 Å². The fourth-order valence-electron chi connectivity index (χ4n) is 3.85. The summed E-state index contributed by atoms with van der Waals surface area (Å²) >= 11 is 0. The molecule has 0 radical (unpaired) electrons. The minimum atomic E-state index is -0.186. The van der Waals surface area contributed by atoms with Crippen molar-refractivity contribution >= 4 is 11.0 Å². The molecule has 0 bridgehead atoms. The van der Waals surface area contributed by atoms with Gasteiger partial charge in [0, 0.05) is 18.7 Å². The van der Waals surface area contributed by atoms with Crippen molar-refractivity contribution in [3.05, 3.63) is 64.6 Å². The van der Waals surface area contributed by atoms with Gasteiger partial charge in [0.05, 0.1) is 11.0 Å². The second-order valence-corrected chi connectivity index (χ2v) is 7.01. The van der Waals surface area contributed by atoms with Crippen LogP contribution in [0.1, 0.15) is 24.8 Å². The van der Waals surface area contributed by atoms with Crippen LogP contribution in [-0.4, -0.2) is 40.6 Å². The largest absolute Gasteiger partial charge is 0.492 e. The summed E-state index contributed by atoms with van der Waals surface area (Å²) in [7, 11) is 0. The number of H-pyrrole nitrogens is 2. The Morgan fingerprint density at radius 3 is 2.77 bits per heavy atom. The molecule has 1 saturated heterocycles. The Morgan fingerprint density at radius 2 is 1.88 bits per heavy atom. The summed E-state index contributed by atoms with van der Waals surface area (Å²) in [6.07, 6.45) is 4.94. The lowest BCUT2D eigenvalue weighted by Crippen LogP contribution is -2.43. The van der Waals surface area contributed by atoms with Gasteiger partial charge in [-0.25, -0.2) is 4.79 Å². The molecule has 136 valence electrons. The number of hydrogen-bond donors (Lipinski definition) is 2. The quantitative estimate of drug-likeness (QED) is 0.716. The molecule has 26 heavy (non-hydrogen) atoms. The van der Waals surface area contributed by atoms with Gasteiger partial charge < -0.3 is 14.7 Å². The first kappa shape index (κ1) is 16.9. The van der Waals surface area contributed by atoms with E-state index in [-0.39, 0.29) is 5.69 Å². The molecule has 2 heterocycles. The standard InChI is InChI=1S/C21H25N3O2/c25-21-22-19-10-9-18(15-20(19)23-21)26-13-12-24-11-5-4-8-17(24)14-16-6-2-1-3-7-16/h1-3,6-7,9-10,15,17H,4-5,8,11-14H2,(H2,22,23,25). The van der Waals surface area contributed by atoms with Gasteiger partial charge in [0.15, 0.2) is 0 Å². The third-order valence-corrected chi connectivity index (χ3v) is 5.20. The van der Waals surface area contributed by atoms with Crippen molar-refractivity contribution in [2.75, 3.05) is 19.7 Å². The van der Waals surface area contributed by atoms with Crippen LogP contribution < -0.4 is 10.4 Å². The Bertz CT molecular complexity index is 900. The average Bonchev–Trinajstić information content (AvgIpc) is 3.03. The predicted molar refractivity (Wildman–Crippen MR) is 104 cm³/mol. The molecule has 2 N–H and O–H groups in total. The van der Waals surface area contributed by atoms with E-state index in [2.05, 4.69) is 45.2 Å². The van der Waals surface area contributed by atoms with Crippen LogP contribution >= 0.6 is 0 Å². The van der Waals surface area contributed by atoms with Crippen molar-refractivity contribution in [3.8, 4) is 5.75 Å². The summed E-state index contributed by atoms with van der Waals surface area (Å²) in [5, 5.41) is 0. The first-order valence-electron chi connectivity index (χ1n) is 9.41. The highest BCUT2D eigenvalue weighted by Crippen LogP contribution is 2.21. The molecule has 1 atom stereocenters. The van der Waals surface area contributed by atoms with Crippen molar-refractivity contribution in [1.29, 1.82) is 0 Å². The Labute approximate surface area is 153 Å². The van der Waals surface area contributed by atoms with Crippen LogP contribution in [0.5, 0.6) is 5.75 Å². The van der Waals surface area contributed by atoms with E-state index < -0.39 is 0 Å². The number of rotatable bonds is 6. The minimum Gasteiger partial charge on any atom is -0.492 e. The summed E-state index contributed by atoms with van der Waals surface area (Å²) in [6, 6.07) is 17.0. The molecular formula is C21H25N3O2. The highest BCUT2D eigenvalue weighted by Gasteiger charge is 2.22. The summed E-state index contributed by atoms with van der Waals surface area (Å²) in [5.41, 5.74) is 2.81. The second kappa shape index (κ2) is 7.79. The van der Waals surface area contributed by atoms with Gasteiger partial charge in [-0.05, 0) is 43.5 Å². The van der Waals surface area contributed by atoms with Gasteiger partial charge >= 0.3 is 5.69 Å². The molecule has 5 heteroatoms. The van der Waals surface area contributed by atoms with Crippen LogP contribution in [0.3, 0.4) is 0 Å². The van der Waals surface area contributed by atoms with Crippen molar-refractivity contribution in [3.63, 3.8) is 0 Å². The monoisotopic (exact) mass is 351 g/mol. The molecule has 0 amide bonds. The van der Waals surface area contributed by atoms with E-state index in [1.54, 1.807) is 0 Å². The van der Waals surface area contributed by atoms with Crippen molar-refractivity contribution < 1.29 is 4.74 Å².